The van der Waals surface area contributed by atoms with Crippen LogP contribution in [0.15, 0.2) is 52.8 Å². The van der Waals surface area contributed by atoms with Crippen molar-refractivity contribution in [1.82, 2.24) is 4.57 Å². The van der Waals surface area contributed by atoms with Crippen molar-refractivity contribution in [3.05, 3.63) is 78.5 Å². The van der Waals surface area contributed by atoms with Crippen LogP contribution in [0.25, 0.3) is 0 Å². The number of nitrogens with one attached hydrogen (secondary N) is 1. The molecule has 0 spiro atoms. The Morgan fingerprint density at radius 3 is 2.46 bits per heavy atom. The SMILES string of the molecule is Cn1c(CC(=O)Nc2ccc([N+](=O)[O-])cc2)csc1=Nc1cc(Cl)cc(Cl)c1. The van der Waals surface area contributed by atoms with Gasteiger partial charge in [0, 0.05) is 46.0 Å². The highest BCUT2D eigenvalue weighted by Crippen LogP contribution is 2.24. The number of nitrogens with zero attached hydrogens (tertiary/aromatic N) is 3. The summed E-state index contributed by atoms with van der Waals surface area (Å²) >= 11 is 13.4. The van der Waals surface area contributed by atoms with Crippen LogP contribution in [-0.4, -0.2) is 15.4 Å². The predicted octanol–water partition coefficient (Wildman–Crippen LogP) is 4.72. The molecule has 1 amide bonds. The smallest absolute Gasteiger partial charge is 0.269 e. The Labute approximate surface area is 174 Å². The summed E-state index contributed by atoms with van der Waals surface area (Å²) in [6.07, 6.45) is 0.135. The number of thiazole rings is 1. The number of benzene rings is 2. The lowest BCUT2D eigenvalue weighted by atomic mass is 10.2. The maximum Gasteiger partial charge on any atom is 0.269 e. The maximum absolute atomic E-state index is 12.3. The molecule has 0 saturated heterocycles. The first-order valence-electron chi connectivity index (χ1n) is 8.00. The highest BCUT2D eigenvalue weighted by molar-refractivity contribution is 7.07. The van der Waals surface area contributed by atoms with Crippen molar-refractivity contribution in [2.75, 3.05) is 5.32 Å². The molecule has 1 aromatic heterocycles. The highest BCUT2D eigenvalue weighted by atomic mass is 35.5. The lowest BCUT2D eigenvalue weighted by Crippen LogP contribution is -2.19. The molecule has 0 aliphatic heterocycles. The van der Waals surface area contributed by atoms with Gasteiger partial charge in [0.15, 0.2) is 4.80 Å². The number of carbonyl (C=O) groups is 1. The Hall–Kier alpha value is -2.68. The predicted molar refractivity (Wildman–Crippen MR) is 110 cm³/mol. The van der Waals surface area contributed by atoms with Crippen molar-refractivity contribution in [1.29, 1.82) is 0 Å². The van der Waals surface area contributed by atoms with Crippen molar-refractivity contribution >= 4 is 57.5 Å². The number of anilines is 1. The molecule has 3 rings (SSSR count). The molecular weight excluding hydrogens is 423 g/mol. The molecule has 0 unspecified atom stereocenters. The zero-order valence-corrected chi connectivity index (χ0v) is 16.9. The minimum atomic E-state index is -0.491. The van der Waals surface area contributed by atoms with E-state index in [1.165, 1.54) is 35.6 Å². The van der Waals surface area contributed by atoms with Gasteiger partial charge in [-0.15, -0.1) is 11.3 Å². The van der Waals surface area contributed by atoms with Crippen molar-refractivity contribution in [3.63, 3.8) is 0 Å². The quantitative estimate of drug-likeness (QED) is 0.463. The van der Waals surface area contributed by atoms with Crippen LogP contribution < -0.4 is 10.1 Å². The standard InChI is InChI=1S/C18H14Cl2N4O3S/c1-23-16(9-17(25)21-13-2-4-15(5-3-13)24(26)27)10-28-18(23)22-14-7-11(19)6-12(20)8-14/h2-8,10H,9H2,1H3,(H,21,25). The van der Waals surface area contributed by atoms with E-state index >= 15 is 0 Å². The largest absolute Gasteiger partial charge is 0.326 e. The van der Waals surface area contributed by atoms with Crippen molar-refractivity contribution in [3.8, 4) is 0 Å². The molecule has 3 aromatic rings. The Morgan fingerprint density at radius 2 is 1.86 bits per heavy atom. The summed E-state index contributed by atoms with van der Waals surface area (Å²) in [5.74, 6) is -0.236. The molecule has 2 aromatic carbocycles. The van der Waals surface area contributed by atoms with Crippen LogP contribution in [0, 0.1) is 10.1 Å². The monoisotopic (exact) mass is 436 g/mol. The molecule has 1 N–H and O–H groups in total. The second-order valence-electron chi connectivity index (χ2n) is 5.84. The van der Waals surface area contributed by atoms with E-state index in [1.54, 1.807) is 18.2 Å². The molecule has 0 saturated carbocycles. The first-order valence-corrected chi connectivity index (χ1v) is 9.64. The van der Waals surface area contributed by atoms with Crippen molar-refractivity contribution in [2.45, 2.75) is 6.42 Å². The van der Waals surface area contributed by atoms with E-state index in [-0.39, 0.29) is 18.0 Å². The second kappa shape index (κ2) is 8.55. The van der Waals surface area contributed by atoms with Crippen LogP contribution in [0.3, 0.4) is 0 Å². The third-order valence-corrected chi connectivity index (χ3v) is 5.20. The molecular formula is C18H14Cl2N4O3S. The average Bonchev–Trinajstić information content (AvgIpc) is 2.94. The number of halogens is 2. The van der Waals surface area contributed by atoms with E-state index in [0.717, 1.165) is 5.69 Å². The minimum absolute atomic E-state index is 0.0328. The van der Waals surface area contributed by atoms with Crippen LogP contribution in [0.5, 0.6) is 0 Å². The van der Waals surface area contributed by atoms with E-state index in [0.29, 0.717) is 26.2 Å². The number of amides is 1. The number of carbonyl (C=O) groups excluding carboxylic acids is 1. The summed E-state index contributed by atoms with van der Waals surface area (Å²) in [6.45, 7) is 0. The molecule has 0 aliphatic carbocycles. The second-order valence-corrected chi connectivity index (χ2v) is 7.55. The molecule has 0 fully saturated rings. The summed E-state index contributed by atoms with van der Waals surface area (Å²) in [7, 11) is 1.82. The zero-order chi connectivity index (χ0) is 20.3. The first kappa shape index (κ1) is 20.1. The molecule has 7 nitrogen and oxygen atoms in total. The third-order valence-electron chi connectivity index (χ3n) is 3.79. The average molecular weight is 437 g/mol. The van der Waals surface area contributed by atoms with Gasteiger partial charge in [0.05, 0.1) is 17.0 Å². The van der Waals surface area contributed by atoms with E-state index in [2.05, 4.69) is 10.3 Å². The van der Waals surface area contributed by atoms with Gasteiger partial charge in [-0.2, -0.15) is 0 Å². The zero-order valence-electron chi connectivity index (χ0n) is 14.6. The van der Waals surface area contributed by atoms with E-state index in [1.807, 2.05) is 17.0 Å². The Morgan fingerprint density at radius 1 is 1.21 bits per heavy atom. The van der Waals surface area contributed by atoms with Gasteiger partial charge in [0.1, 0.15) is 0 Å². The molecule has 28 heavy (non-hydrogen) atoms. The number of rotatable bonds is 5. The van der Waals surface area contributed by atoms with Crippen molar-refractivity contribution in [2.24, 2.45) is 12.0 Å². The molecule has 0 radical (unpaired) electrons. The fourth-order valence-corrected chi connectivity index (χ4v) is 3.84. The van der Waals surface area contributed by atoms with E-state index in [9.17, 15) is 14.9 Å². The summed E-state index contributed by atoms with van der Waals surface area (Å²) in [5, 5.41) is 16.2. The Bertz CT molecular complexity index is 1090. The minimum Gasteiger partial charge on any atom is -0.326 e. The summed E-state index contributed by atoms with van der Waals surface area (Å²) < 4.78 is 1.81. The summed E-state index contributed by atoms with van der Waals surface area (Å²) in [5.41, 5.74) is 1.86. The number of hydrogen-bond donors (Lipinski definition) is 1. The lowest BCUT2D eigenvalue weighted by Gasteiger charge is -2.06. The molecule has 0 bridgehead atoms. The topological polar surface area (TPSA) is 89.5 Å². The third kappa shape index (κ3) is 4.98. The summed E-state index contributed by atoms with van der Waals surface area (Å²) in [4.78, 5) is 27.7. The Balaban J connectivity index is 1.74. The van der Waals surface area contributed by atoms with Crippen LogP contribution in [0.1, 0.15) is 5.69 Å². The lowest BCUT2D eigenvalue weighted by molar-refractivity contribution is -0.384. The number of nitro benzene ring substituents is 1. The molecule has 144 valence electrons. The van der Waals surface area contributed by atoms with Gasteiger partial charge in [0.2, 0.25) is 5.91 Å². The van der Waals surface area contributed by atoms with E-state index in [4.69, 9.17) is 23.2 Å². The first-order chi connectivity index (χ1) is 13.3. The van der Waals surface area contributed by atoms with Gasteiger partial charge in [0.25, 0.3) is 5.69 Å². The molecule has 10 heteroatoms. The summed E-state index contributed by atoms with van der Waals surface area (Å²) in [6, 6.07) is 10.7. The van der Waals surface area contributed by atoms with Crippen molar-refractivity contribution < 1.29 is 9.72 Å². The van der Waals surface area contributed by atoms with Crippen LogP contribution in [0.2, 0.25) is 10.0 Å². The number of hydrogen-bond acceptors (Lipinski definition) is 5. The molecule has 0 atom stereocenters. The number of aromatic nitrogens is 1. The van der Waals surface area contributed by atoms with Gasteiger partial charge in [-0.1, -0.05) is 23.2 Å². The van der Waals surface area contributed by atoms with Gasteiger partial charge in [-0.05, 0) is 30.3 Å². The molecule has 0 aliphatic rings. The van der Waals surface area contributed by atoms with Gasteiger partial charge >= 0.3 is 0 Å². The fourth-order valence-electron chi connectivity index (χ4n) is 2.41. The van der Waals surface area contributed by atoms with Crippen LogP contribution in [0.4, 0.5) is 17.1 Å². The van der Waals surface area contributed by atoms with Crippen LogP contribution in [-0.2, 0) is 18.3 Å². The van der Waals surface area contributed by atoms with Gasteiger partial charge < -0.3 is 9.88 Å². The Kier molecular flexibility index (Phi) is 6.13. The van der Waals surface area contributed by atoms with Gasteiger partial charge in [-0.3, -0.25) is 14.9 Å². The van der Waals surface area contributed by atoms with Gasteiger partial charge in [-0.25, -0.2) is 4.99 Å². The number of nitro groups is 1. The highest BCUT2D eigenvalue weighted by Gasteiger charge is 2.10. The van der Waals surface area contributed by atoms with Crippen LogP contribution >= 0.6 is 34.5 Å². The number of non-ortho nitro benzene ring substituents is 1. The van der Waals surface area contributed by atoms with E-state index < -0.39 is 4.92 Å². The fraction of sp³-hybridized carbons (Fsp3) is 0.111. The molecule has 1 heterocycles. The normalized spacial score (nSPS) is 11.5. The maximum atomic E-state index is 12.3.